The molecular formula is C45H36N9O3P. The Morgan fingerprint density at radius 1 is 0.241 bits per heavy atom. The first kappa shape index (κ1) is 40.3. The van der Waals surface area contributed by atoms with Crippen LogP contribution in [0.25, 0.3) is 67.9 Å². The second-order valence-electron chi connectivity index (χ2n) is 11.8. The van der Waals surface area contributed by atoms with Crippen LogP contribution < -0.4 is 0 Å². The van der Waals surface area contributed by atoms with Gasteiger partial charge < -0.3 is 14.7 Å². The third-order valence-electron chi connectivity index (χ3n) is 7.97. The highest BCUT2D eigenvalue weighted by molar-refractivity contribution is 7.38. The molecule has 0 spiro atoms. The van der Waals surface area contributed by atoms with Crippen molar-refractivity contribution in [2.75, 3.05) is 0 Å². The van der Waals surface area contributed by atoms with Gasteiger partial charge in [0.15, 0.2) is 0 Å². The predicted molar refractivity (Wildman–Crippen MR) is 226 cm³/mol. The number of pyridine rings is 9. The summed E-state index contributed by atoms with van der Waals surface area (Å²) in [6.45, 7) is 0. The van der Waals surface area contributed by atoms with Crippen molar-refractivity contribution in [2.24, 2.45) is 0 Å². The lowest BCUT2D eigenvalue weighted by Gasteiger charge is -2.06. The quantitative estimate of drug-likeness (QED) is 0.137. The van der Waals surface area contributed by atoms with Crippen LogP contribution >= 0.6 is 8.60 Å². The van der Waals surface area contributed by atoms with E-state index in [9.17, 15) is 0 Å². The van der Waals surface area contributed by atoms with E-state index in [0.29, 0.717) is 0 Å². The molecule has 0 atom stereocenters. The van der Waals surface area contributed by atoms with Crippen LogP contribution in [0.1, 0.15) is 0 Å². The van der Waals surface area contributed by atoms with E-state index in [4.69, 9.17) is 14.7 Å². The lowest BCUT2D eigenvalue weighted by atomic mass is 10.1. The Kier molecular flexibility index (Phi) is 15.1. The molecular weight excluding hydrogens is 746 g/mol. The van der Waals surface area contributed by atoms with Crippen molar-refractivity contribution in [2.45, 2.75) is 0 Å². The predicted octanol–water partition coefficient (Wildman–Crippen LogP) is 8.81. The maximum Gasteiger partial charge on any atom is 0.324 e. The van der Waals surface area contributed by atoms with Crippen molar-refractivity contribution in [3.05, 3.63) is 201 Å². The van der Waals surface area contributed by atoms with Crippen molar-refractivity contribution >= 4 is 8.60 Å². The molecule has 9 aromatic heterocycles. The van der Waals surface area contributed by atoms with Crippen LogP contribution in [0.15, 0.2) is 201 Å². The van der Waals surface area contributed by atoms with E-state index in [1.807, 2.05) is 146 Å². The fourth-order valence-corrected chi connectivity index (χ4v) is 5.52. The van der Waals surface area contributed by atoms with Crippen LogP contribution in [-0.4, -0.2) is 59.5 Å². The summed E-state index contributed by atoms with van der Waals surface area (Å²) in [5.41, 5.74) is 10.9. The summed E-state index contributed by atoms with van der Waals surface area (Å²) >= 11 is 0. The topological polar surface area (TPSA) is 177 Å². The molecule has 13 heteroatoms. The highest BCUT2D eigenvalue weighted by Gasteiger charge is 2.11. The highest BCUT2D eigenvalue weighted by Crippen LogP contribution is 2.29. The maximum absolute atomic E-state index is 7.23. The van der Waals surface area contributed by atoms with Gasteiger partial charge in [-0.1, -0.05) is 36.4 Å². The fourth-order valence-electron chi connectivity index (χ4n) is 5.52. The van der Waals surface area contributed by atoms with Crippen molar-refractivity contribution < 1.29 is 14.7 Å². The molecule has 12 nitrogen and oxygen atoms in total. The zero-order valence-electron chi connectivity index (χ0n) is 30.9. The second-order valence-corrected chi connectivity index (χ2v) is 12.3. The monoisotopic (exact) mass is 781 g/mol. The van der Waals surface area contributed by atoms with E-state index < -0.39 is 8.60 Å². The first-order valence-corrected chi connectivity index (χ1v) is 19.0. The van der Waals surface area contributed by atoms with Gasteiger partial charge in [-0.3, -0.25) is 44.9 Å². The van der Waals surface area contributed by atoms with Gasteiger partial charge in [0.2, 0.25) is 0 Å². The first-order valence-electron chi connectivity index (χ1n) is 17.8. The maximum atomic E-state index is 7.23. The van der Waals surface area contributed by atoms with Crippen molar-refractivity contribution in [1.82, 2.24) is 44.9 Å². The molecule has 9 aromatic rings. The Morgan fingerprint density at radius 2 is 0.448 bits per heavy atom. The number of aromatic nitrogens is 9. The molecule has 0 aliphatic carbocycles. The van der Waals surface area contributed by atoms with E-state index in [1.165, 1.54) is 0 Å². The van der Waals surface area contributed by atoms with E-state index >= 15 is 0 Å². The zero-order chi connectivity index (χ0) is 40.2. The van der Waals surface area contributed by atoms with Gasteiger partial charge in [-0.2, -0.15) is 0 Å². The van der Waals surface area contributed by atoms with Crippen molar-refractivity contribution in [3.8, 4) is 67.9 Å². The lowest BCUT2D eigenvalue weighted by Crippen LogP contribution is -1.92. The smallest absolute Gasteiger partial charge is 0.324 e. The molecule has 58 heavy (non-hydrogen) atoms. The van der Waals surface area contributed by atoms with Gasteiger partial charge in [0.1, 0.15) is 0 Å². The van der Waals surface area contributed by atoms with Gasteiger partial charge in [-0.25, -0.2) is 0 Å². The molecule has 284 valence electrons. The summed E-state index contributed by atoms with van der Waals surface area (Å²) in [6, 6.07) is 46.7. The summed E-state index contributed by atoms with van der Waals surface area (Å²) in [4.78, 5) is 61.1. The average Bonchev–Trinajstić information content (AvgIpc) is 3.31. The van der Waals surface area contributed by atoms with Crippen LogP contribution in [0.4, 0.5) is 0 Å². The molecule has 3 N–H and O–H groups in total. The number of nitrogens with zero attached hydrogens (tertiary/aromatic N) is 9. The van der Waals surface area contributed by atoms with Gasteiger partial charge in [-0.15, -0.1) is 0 Å². The van der Waals surface area contributed by atoms with Gasteiger partial charge in [0.25, 0.3) is 0 Å². The van der Waals surface area contributed by atoms with Crippen LogP contribution in [0.2, 0.25) is 0 Å². The summed E-state index contributed by atoms with van der Waals surface area (Å²) < 4.78 is 0. The number of hydrogen-bond acceptors (Lipinski definition) is 12. The third-order valence-corrected chi connectivity index (χ3v) is 7.97. The number of rotatable bonds is 6. The summed E-state index contributed by atoms with van der Waals surface area (Å²) in [5.74, 6) is 0. The van der Waals surface area contributed by atoms with Crippen LogP contribution in [0.3, 0.4) is 0 Å². The fraction of sp³-hybridized carbons (Fsp3) is 0. The summed E-state index contributed by atoms with van der Waals surface area (Å²) in [6.07, 6.45) is 16.0. The molecule has 0 radical (unpaired) electrons. The van der Waals surface area contributed by atoms with E-state index in [1.54, 1.807) is 55.8 Å². The SMILES string of the molecule is OP(O)O.c1ccc(-c2cccnc2-c2ccccn2)nc1.c1ccc(-c2cccnc2-c2ccccn2)nc1.c1ccc(-c2cccnc2-c2ccccn2)nc1. The van der Waals surface area contributed by atoms with Crippen molar-refractivity contribution in [1.29, 1.82) is 0 Å². The van der Waals surface area contributed by atoms with Gasteiger partial charge in [0, 0.05) is 72.5 Å². The highest BCUT2D eigenvalue weighted by atomic mass is 31.2. The normalized spacial score (nSPS) is 10.1. The van der Waals surface area contributed by atoms with Gasteiger partial charge in [-0.05, 0) is 109 Å². The first-order chi connectivity index (χ1) is 28.6. The molecule has 0 aromatic carbocycles. The molecule has 0 fully saturated rings. The van der Waals surface area contributed by atoms with Gasteiger partial charge in [0.05, 0.1) is 51.2 Å². The Labute approximate surface area is 336 Å². The molecule has 0 amide bonds. The van der Waals surface area contributed by atoms with Gasteiger partial charge >= 0.3 is 8.60 Å². The van der Waals surface area contributed by atoms with E-state index in [0.717, 1.165) is 67.9 Å². The minimum atomic E-state index is -2.62. The largest absolute Gasteiger partial charge is 0.328 e. The zero-order valence-corrected chi connectivity index (χ0v) is 31.8. The lowest BCUT2D eigenvalue weighted by molar-refractivity contribution is 0.368. The Hall–Kier alpha value is -7.34. The molecule has 0 unspecified atom stereocenters. The minimum Gasteiger partial charge on any atom is -0.328 e. The molecule has 9 rings (SSSR count). The van der Waals surface area contributed by atoms with Crippen molar-refractivity contribution in [3.63, 3.8) is 0 Å². The molecule has 9 heterocycles. The van der Waals surface area contributed by atoms with E-state index in [2.05, 4.69) is 44.9 Å². The van der Waals surface area contributed by atoms with Crippen LogP contribution in [0.5, 0.6) is 0 Å². The minimum absolute atomic E-state index is 0.858. The molecule has 0 saturated carbocycles. The molecule has 0 bridgehead atoms. The standard InChI is InChI=1S/3C15H11N3.H3O3P/c3*1-3-9-16-13(7-1)12-6-5-11-18-15(12)14-8-2-4-10-17-14;1-4(2)3/h3*1-11H;1-3H. The van der Waals surface area contributed by atoms with Crippen LogP contribution in [0, 0.1) is 0 Å². The summed E-state index contributed by atoms with van der Waals surface area (Å²) in [5, 5.41) is 0. The summed E-state index contributed by atoms with van der Waals surface area (Å²) in [7, 11) is -2.62. The molecule has 0 saturated heterocycles. The van der Waals surface area contributed by atoms with Crippen LogP contribution in [-0.2, 0) is 0 Å². The Morgan fingerprint density at radius 3 is 0.655 bits per heavy atom. The second kappa shape index (κ2) is 21.7. The Bertz CT molecular complexity index is 2090. The number of hydrogen-bond donors (Lipinski definition) is 3. The Balaban J connectivity index is 0.000000140. The molecule has 0 aliphatic rings. The average molecular weight is 782 g/mol. The third kappa shape index (κ3) is 11.6. The molecule has 0 aliphatic heterocycles. The van der Waals surface area contributed by atoms with E-state index in [-0.39, 0.29) is 0 Å².